The van der Waals surface area contributed by atoms with Crippen LogP contribution in [0.2, 0.25) is 5.02 Å². The van der Waals surface area contributed by atoms with E-state index >= 15 is 0 Å². The highest BCUT2D eigenvalue weighted by Gasteiger charge is 2.19. The molecule has 0 amide bonds. The lowest BCUT2D eigenvalue weighted by atomic mass is 10.2. The molecular formula is C11H12ClN. The van der Waals surface area contributed by atoms with E-state index in [1.54, 1.807) is 0 Å². The molecule has 0 aliphatic carbocycles. The second-order valence-electron chi connectivity index (χ2n) is 3.22. The van der Waals surface area contributed by atoms with Crippen LogP contribution in [0.25, 0.3) is 0 Å². The molecule has 0 N–H and O–H groups in total. The highest BCUT2D eigenvalue weighted by atomic mass is 35.5. The molecule has 13 heavy (non-hydrogen) atoms. The van der Waals surface area contributed by atoms with Gasteiger partial charge in [-0.1, -0.05) is 23.7 Å². The van der Waals surface area contributed by atoms with Crippen LogP contribution in [0.5, 0.6) is 0 Å². The summed E-state index contributed by atoms with van der Waals surface area (Å²) in [5, 5.41) is 0.893. The predicted octanol–water partition coefficient (Wildman–Crippen LogP) is 2.89. The Kier molecular flexibility index (Phi) is 2.28. The van der Waals surface area contributed by atoms with Gasteiger partial charge in [0.05, 0.1) is 0 Å². The normalized spacial score (nSPS) is 14.4. The summed E-state index contributed by atoms with van der Waals surface area (Å²) in [5.74, 6) is 0. The molecule has 0 fully saturated rings. The van der Waals surface area contributed by atoms with Gasteiger partial charge in [0.2, 0.25) is 0 Å². The Balaban J connectivity index is 2.37. The maximum atomic E-state index is 6.08. The fourth-order valence-corrected chi connectivity index (χ4v) is 2.07. The first-order chi connectivity index (χ1) is 6.33. The predicted molar refractivity (Wildman–Crippen MR) is 57.6 cm³/mol. The molecule has 1 aliphatic heterocycles. The zero-order valence-corrected chi connectivity index (χ0v) is 8.22. The van der Waals surface area contributed by atoms with Crippen molar-refractivity contribution in [1.29, 1.82) is 0 Å². The Labute approximate surface area is 83.6 Å². The Hall–Kier alpha value is -0.950. The molecule has 0 saturated carbocycles. The average molecular weight is 194 g/mol. The lowest BCUT2D eigenvalue weighted by Crippen LogP contribution is -2.19. The van der Waals surface area contributed by atoms with Crippen LogP contribution in [0.3, 0.4) is 0 Å². The third-order valence-corrected chi connectivity index (χ3v) is 2.77. The van der Waals surface area contributed by atoms with Crippen LogP contribution in [-0.2, 0) is 6.42 Å². The topological polar surface area (TPSA) is 3.24 Å². The SMILES string of the molecule is C=CCN1CCc2c(Cl)cccc21. The van der Waals surface area contributed by atoms with Crippen LogP contribution in [0, 0.1) is 0 Å². The molecule has 1 heterocycles. The van der Waals surface area contributed by atoms with E-state index < -0.39 is 0 Å². The molecular weight excluding hydrogens is 182 g/mol. The van der Waals surface area contributed by atoms with Gasteiger partial charge in [-0.05, 0) is 24.1 Å². The molecule has 0 atom stereocenters. The van der Waals surface area contributed by atoms with Crippen molar-refractivity contribution in [2.45, 2.75) is 6.42 Å². The van der Waals surface area contributed by atoms with E-state index in [-0.39, 0.29) is 0 Å². The smallest absolute Gasteiger partial charge is 0.0459 e. The van der Waals surface area contributed by atoms with Gasteiger partial charge in [-0.15, -0.1) is 6.58 Å². The maximum Gasteiger partial charge on any atom is 0.0459 e. The monoisotopic (exact) mass is 193 g/mol. The van der Waals surface area contributed by atoms with Crippen molar-refractivity contribution in [3.05, 3.63) is 41.4 Å². The van der Waals surface area contributed by atoms with Gasteiger partial charge in [-0.25, -0.2) is 0 Å². The molecule has 0 spiro atoms. The number of anilines is 1. The van der Waals surface area contributed by atoms with Crippen molar-refractivity contribution in [1.82, 2.24) is 0 Å². The Morgan fingerprint density at radius 1 is 1.54 bits per heavy atom. The molecule has 1 aromatic rings. The van der Waals surface area contributed by atoms with E-state index in [0.717, 1.165) is 24.5 Å². The van der Waals surface area contributed by atoms with Crippen LogP contribution >= 0.6 is 11.6 Å². The van der Waals surface area contributed by atoms with Crippen LogP contribution in [-0.4, -0.2) is 13.1 Å². The van der Waals surface area contributed by atoms with Gasteiger partial charge in [-0.3, -0.25) is 0 Å². The zero-order chi connectivity index (χ0) is 9.26. The molecule has 1 aromatic carbocycles. The molecule has 68 valence electrons. The van der Waals surface area contributed by atoms with Crippen LogP contribution in [0.1, 0.15) is 5.56 Å². The number of halogens is 1. The van der Waals surface area contributed by atoms with E-state index in [4.69, 9.17) is 11.6 Å². The van der Waals surface area contributed by atoms with Crippen molar-refractivity contribution in [3.63, 3.8) is 0 Å². The van der Waals surface area contributed by atoms with Crippen molar-refractivity contribution < 1.29 is 0 Å². The summed E-state index contributed by atoms with van der Waals surface area (Å²) in [7, 11) is 0. The molecule has 0 saturated heterocycles. The third kappa shape index (κ3) is 1.44. The first-order valence-electron chi connectivity index (χ1n) is 4.46. The molecule has 0 bridgehead atoms. The lowest BCUT2D eigenvalue weighted by molar-refractivity contribution is 0.905. The van der Waals surface area contributed by atoms with Gasteiger partial charge >= 0.3 is 0 Å². The quantitative estimate of drug-likeness (QED) is 0.653. The molecule has 1 nitrogen and oxygen atoms in total. The minimum Gasteiger partial charge on any atom is -0.367 e. The van der Waals surface area contributed by atoms with Gasteiger partial charge in [0, 0.05) is 23.8 Å². The minimum absolute atomic E-state index is 0.893. The number of nitrogens with zero attached hydrogens (tertiary/aromatic N) is 1. The van der Waals surface area contributed by atoms with E-state index in [9.17, 15) is 0 Å². The second kappa shape index (κ2) is 3.43. The molecule has 2 rings (SSSR count). The minimum atomic E-state index is 0.893. The van der Waals surface area contributed by atoms with Gasteiger partial charge in [-0.2, -0.15) is 0 Å². The van der Waals surface area contributed by atoms with Crippen molar-refractivity contribution >= 4 is 17.3 Å². The summed E-state index contributed by atoms with van der Waals surface area (Å²) < 4.78 is 0. The summed E-state index contributed by atoms with van der Waals surface area (Å²) in [6.07, 6.45) is 2.98. The van der Waals surface area contributed by atoms with Crippen molar-refractivity contribution in [3.8, 4) is 0 Å². The number of benzene rings is 1. The van der Waals surface area contributed by atoms with Crippen molar-refractivity contribution in [2.24, 2.45) is 0 Å². The second-order valence-corrected chi connectivity index (χ2v) is 3.63. The van der Waals surface area contributed by atoms with Crippen LogP contribution in [0.15, 0.2) is 30.9 Å². The lowest BCUT2D eigenvalue weighted by Gasteiger charge is -2.16. The summed E-state index contributed by atoms with van der Waals surface area (Å²) >= 11 is 6.08. The Morgan fingerprint density at radius 3 is 3.15 bits per heavy atom. The number of hydrogen-bond donors (Lipinski definition) is 0. The van der Waals surface area contributed by atoms with Crippen LogP contribution in [0.4, 0.5) is 5.69 Å². The van der Waals surface area contributed by atoms with E-state index in [2.05, 4.69) is 17.5 Å². The molecule has 0 unspecified atom stereocenters. The highest BCUT2D eigenvalue weighted by Crippen LogP contribution is 2.32. The molecule has 2 heteroatoms. The van der Waals surface area contributed by atoms with E-state index in [1.165, 1.54) is 11.3 Å². The molecule has 1 aliphatic rings. The molecule has 0 radical (unpaired) electrons. The number of hydrogen-bond acceptors (Lipinski definition) is 1. The van der Waals surface area contributed by atoms with Crippen LogP contribution < -0.4 is 4.90 Å². The number of fused-ring (bicyclic) bond motifs is 1. The standard InChI is InChI=1S/C11H12ClN/c1-2-7-13-8-6-9-10(12)4-3-5-11(9)13/h2-5H,1,6-8H2. The fraction of sp³-hybridized carbons (Fsp3) is 0.273. The van der Waals surface area contributed by atoms with Crippen molar-refractivity contribution in [2.75, 3.05) is 18.0 Å². The van der Waals surface area contributed by atoms with Gasteiger partial charge in [0.1, 0.15) is 0 Å². The fourth-order valence-electron chi connectivity index (χ4n) is 1.80. The zero-order valence-electron chi connectivity index (χ0n) is 7.46. The van der Waals surface area contributed by atoms with Gasteiger partial charge in [0.15, 0.2) is 0 Å². The highest BCUT2D eigenvalue weighted by molar-refractivity contribution is 6.31. The first kappa shape index (κ1) is 8.64. The summed E-state index contributed by atoms with van der Waals surface area (Å²) in [6.45, 7) is 5.72. The van der Waals surface area contributed by atoms with Gasteiger partial charge < -0.3 is 4.90 Å². The summed E-state index contributed by atoms with van der Waals surface area (Å²) in [6, 6.07) is 6.08. The number of rotatable bonds is 2. The maximum absolute atomic E-state index is 6.08. The summed E-state index contributed by atoms with van der Waals surface area (Å²) in [4.78, 5) is 2.30. The van der Waals surface area contributed by atoms with E-state index in [0.29, 0.717) is 0 Å². The van der Waals surface area contributed by atoms with E-state index in [1.807, 2.05) is 18.2 Å². The summed E-state index contributed by atoms with van der Waals surface area (Å²) in [5.41, 5.74) is 2.55. The first-order valence-corrected chi connectivity index (χ1v) is 4.84. The molecule has 0 aromatic heterocycles. The Bertz CT molecular complexity index is 333. The largest absolute Gasteiger partial charge is 0.367 e. The van der Waals surface area contributed by atoms with Gasteiger partial charge in [0.25, 0.3) is 0 Å². The average Bonchev–Trinajstić information content (AvgIpc) is 2.51. The third-order valence-electron chi connectivity index (χ3n) is 2.42. The Morgan fingerprint density at radius 2 is 2.38 bits per heavy atom.